The van der Waals surface area contributed by atoms with Gasteiger partial charge in [-0.3, -0.25) is 9.59 Å². The Morgan fingerprint density at radius 2 is 1.50 bits per heavy atom. The number of carbonyl (C=O) groups is 2. The van der Waals surface area contributed by atoms with E-state index in [9.17, 15) is 35.9 Å². The molecule has 0 aliphatic carbocycles. The zero-order valence-electron chi connectivity index (χ0n) is 17.2. The Morgan fingerprint density at radius 1 is 0.906 bits per heavy atom. The number of anilines is 1. The standard InChI is InChI=1S/C22H20F6N2O2/c1-12(2)20(32)30-6-5-13-3-4-18(9-15(13)11-30)29-19(31)14-7-16(21(23,24)25)10-17(8-14)22(26,27)28/h3-4,7-10,12H,5-6,11H2,1-2H3,(H,29,31). The van der Waals surface area contributed by atoms with Crippen LogP contribution in [0.1, 0.15) is 46.5 Å². The van der Waals surface area contributed by atoms with E-state index in [0.717, 1.165) is 11.1 Å². The summed E-state index contributed by atoms with van der Waals surface area (Å²) in [5.74, 6) is -1.33. The first-order valence-corrected chi connectivity index (χ1v) is 9.77. The second-order valence-electron chi connectivity index (χ2n) is 7.90. The van der Waals surface area contributed by atoms with Gasteiger partial charge in [0.1, 0.15) is 0 Å². The minimum atomic E-state index is -5.05. The monoisotopic (exact) mass is 458 g/mol. The van der Waals surface area contributed by atoms with E-state index >= 15 is 0 Å². The number of nitrogens with zero attached hydrogens (tertiary/aromatic N) is 1. The van der Waals surface area contributed by atoms with Crippen LogP contribution < -0.4 is 5.32 Å². The van der Waals surface area contributed by atoms with Crippen LogP contribution in [0, 0.1) is 5.92 Å². The van der Waals surface area contributed by atoms with Gasteiger partial charge in [-0.05, 0) is 47.9 Å². The Morgan fingerprint density at radius 3 is 2.03 bits per heavy atom. The van der Waals surface area contributed by atoms with Crippen molar-refractivity contribution in [3.63, 3.8) is 0 Å². The minimum Gasteiger partial charge on any atom is -0.338 e. The maximum Gasteiger partial charge on any atom is 0.416 e. The molecule has 0 atom stereocenters. The Kier molecular flexibility index (Phi) is 6.26. The topological polar surface area (TPSA) is 49.4 Å². The number of benzene rings is 2. The van der Waals surface area contributed by atoms with Gasteiger partial charge in [-0.15, -0.1) is 0 Å². The number of hydrogen-bond acceptors (Lipinski definition) is 2. The predicted molar refractivity (Wildman–Crippen MR) is 105 cm³/mol. The Labute approximate surface area is 180 Å². The van der Waals surface area contributed by atoms with Gasteiger partial charge in [-0.2, -0.15) is 26.3 Å². The highest BCUT2D eigenvalue weighted by Gasteiger charge is 2.37. The van der Waals surface area contributed by atoms with E-state index in [1.165, 1.54) is 6.07 Å². The Balaban J connectivity index is 1.87. The summed E-state index contributed by atoms with van der Waals surface area (Å²) in [5, 5.41) is 2.36. The maximum absolute atomic E-state index is 13.0. The lowest BCUT2D eigenvalue weighted by molar-refractivity contribution is -0.143. The number of nitrogens with one attached hydrogen (secondary N) is 1. The fraction of sp³-hybridized carbons (Fsp3) is 0.364. The molecule has 1 N–H and O–H groups in total. The van der Waals surface area contributed by atoms with Crippen molar-refractivity contribution in [2.24, 2.45) is 5.92 Å². The molecule has 2 amide bonds. The highest BCUT2D eigenvalue weighted by molar-refractivity contribution is 6.04. The van der Waals surface area contributed by atoms with Crippen LogP contribution in [0.25, 0.3) is 0 Å². The van der Waals surface area contributed by atoms with Gasteiger partial charge in [0.05, 0.1) is 11.1 Å². The molecular formula is C22H20F6N2O2. The van der Waals surface area contributed by atoms with Gasteiger partial charge in [-0.25, -0.2) is 0 Å². The van der Waals surface area contributed by atoms with Crippen molar-refractivity contribution in [3.8, 4) is 0 Å². The fourth-order valence-corrected chi connectivity index (χ4v) is 3.48. The van der Waals surface area contributed by atoms with E-state index in [1.54, 1.807) is 30.9 Å². The normalized spacial score (nSPS) is 14.3. The second kappa shape index (κ2) is 8.48. The Bertz CT molecular complexity index is 1010. The van der Waals surface area contributed by atoms with E-state index < -0.39 is 35.0 Å². The van der Waals surface area contributed by atoms with E-state index in [4.69, 9.17) is 0 Å². The summed E-state index contributed by atoms with van der Waals surface area (Å²) in [4.78, 5) is 26.4. The van der Waals surface area contributed by atoms with Crippen molar-refractivity contribution in [1.29, 1.82) is 0 Å². The molecule has 0 spiro atoms. The van der Waals surface area contributed by atoms with Crippen LogP contribution in [-0.2, 0) is 30.1 Å². The Hall–Kier alpha value is -3.04. The van der Waals surface area contributed by atoms with Crippen LogP contribution in [0.5, 0.6) is 0 Å². The smallest absolute Gasteiger partial charge is 0.338 e. The van der Waals surface area contributed by atoms with Crippen molar-refractivity contribution in [2.75, 3.05) is 11.9 Å². The van der Waals surface area contributed by atoms with Crippen LogP contribution in [0.15, 0.2) is 36.4 Å². The van der Waals surface area contributed by atoms with Gasteiger partial charge in [0.25, 0.3) is 5.91 Å². The van der Waals surface area contributed by atoms with Crippen LogP contribution in [0.3, 0.4) is 0 Å². The molecule has 2 aromatic carbocycles. The summed E-state index contributed by atoms with van der Waals surface area (Å²) in [5.41, 5.74) is -1.98. The van der Waals surface area contributed by atoms with E-state index in [-0.39, 0.29) is 23.6 Å². The molecule has 172 valence electrons. The first-order valence-electron chi connectivity index (χ1n) is 9.77. The maximum atomic E-state index is 13.0. The molecule has 4 nitrogen and oxygen atoms in total. The lowest BCUT2D eigenvalue weighted by Gasteiger charge is -2.30. The molecule has 1 heterocycles. The van der Waals surface area contributed by atoms with Crippen LogP contribution in [-0.4, -0.2) is 23.3 Å². The molecule has 0 saturated carbocycles. The molecule has 0 fully saturated rings. The summed E-state index contributed by atoms with van der Waals surface area (Å²) >= 11 is 0. The molecule has 32 heavy (non-hydrogen) atoms. The quantitative estimate of drug-likeness (QED) is 0.616. The summed E-state index contributed by atoms with van der Waals surface area (Å²) in [7, 11) is 0. The summed E-state index contributed by atoms with van der Waals surface area (Å²) < 4.78 is 78.3. The van der Waals surface area contributed by atoms with E-state index in [1.807, 2.05) is 0 Å². The van der Waals surface area contributed by atoms with Crippen molar-refractivity contribution in [3.05, 3.63) is 64.2 Å². The molecule has 0 saturated heterocycles. The van der Waals surface area contributed by atoms with Crippen molar-refractivity contribution in [1.82, 2.24) is 4.90 Å². The lowest BCUT2D eigenvalue weighted by Crippen LogP contribution is -2.38. The van der Waals surface area contributed by atoms with Crippen LogP contribution in [0.2, 0.25) is 0 Å². The van der Waals surface area contributed by atoms with E-state index in [0.29, 0.717) is 31.6 Å². The van der Waals surface area contributed by atoms with Gasteiger partial charge in [0, 0.05) is 30.3 Å². The number of carbonyl (C=O) groups excluding carboxylic acids is 2. The summed E-state index contributed by atoms with van der Waals surface area (Å²) in [6.07, 6.45) is -9.49. The minimum absolute atomic E-state index is 0.0317. The molecule has 1 aliphatic rings. The summed E-state index contributed by atoms with van der Waals surface area (Å²) in [6.45, 7) is 4.40. The lowest BCUT2D eigenvalue weighted by atomic mass is 9.98. The number of amides is 2. The van der Waals surface area contributed by atoms with Crippen molar-refractivity contribution >= 4 is 17.5 Å². The van der Waals surface area contributed by atoms with Gasteiger partial charge in [-0.1, -0.05) is 19.9 Å². The zero-order valence-corrected chi connectivity index (χ0v) is 17.2. The first-order chi connectivity index (χ1) is 14.8. The van der Waals surface area contributed by atoms with Crippen LogP contribution >= 0.6 is 0 Å². The first kappa shape index (κ1) is 23.6. The number of rotatable bonds is 3. The average molecular weight is 458 g/mol. The summed E-state index contributed by atoms with van der Waals surface area (Å²) in [6, 6.07) is 5.55. The van der Waals surface area contributed by atoms with Crippen molar-refractivity contribution in [2.45, 2.75) is 39.2 Å². The molecule has 1 aliphatic heterocycles. The molecule has 0 radical (unpaired) electrons. The third kappa shape index (κ3) is 5.23. The molecule has 10 heteroatoms. The molecule has 2 aromatic rings. The molecule has 0 aromatic heterocycles. The highest BCUT2D eigenvalue weighted by Crippen LogP contribution is 2.36. The fourth-order valence-electron chi connectivity index (χ4n) is 3.48. The van der Waals surface area contributed by atoms with Gasteiger partial charge < -0.3 is 10.2 Å². The third-order valence-corrected chi connectivity index (χ3v) is 5.13. The van der Waals surface area contributed by atoms with Crippen molar-refractivity contribution < 1.29 is 35.9 Å². The molecular weight excluding hydrogens is 438 g/mol. The average Bonchev–Trinajstić information content (AvgIpc) is 2.71. The molecule has 0 unspecified atom stereocenters. The number of halogens is 6. The van der Waals surface area contributed by atoms with Crippen LogP contribution in [0.4, 0.5) is 32.0 Å². The largest absolute Gasteiger partial charge is 0.416 e. The van der Waals surface area contributed by atoms with Gasteiger partial charge in [0.2, 0.25) is 5.91 Å². The SMILES string of the molecule is CC(C)C(=O)N1CCc2ccc(NC(=O)c3cc(C(F)(F)F)cc(C(F)(F)F)c3)cc2C1. The van der Waals surface area contributed by atoms with Gasteiger partial charge >= 0.3 is 12.4 Å². The molecule has 0 bridgehead atoms. The highest BCUT2D eigenvalue weighted by atomic mass is 19.4. The second-order valence-corrected chi connectivity index (χ2v) is 7.90. The number of fused-ring (bicyclic) bond motifs is 1. The third-order valence-electron chi connectivity index (χ3n) is 5.13. The predicted octanol–water partition coefficient (Wildman–Crippen LogP) is 5.52. The van der Waals surface area contributed by atoms with E-state index in [2.05, 4.69) is 5.32 Å². The molecule has 3 rings (SSSR count). The zero-order chi connectivity index (χ0) is 23.8. The van der Waals surface area contributed by atoms with Gasteiger partial charge in [0.15, 0.2) is 0 Å². The number of alkyl halides is 6. The number of hydrogen-bond donors (Lipinski definition) is 1.